The highest BCUT2D eigenvalue weighted by Gasteiger charge is 2.16. The standard InChI is InChI=1S/C16H15N3O3S/c1-8-9(2)23-16(18-8)19-15(21)11-7-17-13-10(14(11)20)5-4-6-12(13)22-3/h4-7H,1-3H3,(H,17,20)(H,18,19,21). The predicted molar refractivity (Wildman–Crippen MR) is 90.7 cm³/mol. The molecule has 2 aromatic heterocycles. The van der Waals surface area contributed by atoms with E-state index in [2.05, 4.69) is 15.3 Å². The molecule has 6 nitrogen and oxygen atoms in total. The fraction of sp³-hybridized carbons (Fsp3) is 0.188. The number of rotatable bonds is 3. The first-order valence-corrected chi connectivity index (χ1v) is 7.76. The van der Waals surface area contributed by atoms with Crippen LogP contribution < -0.4 is 15.5 Å². The number of carbonyl (C=O) groups is 1. The summed E-state index contributed by atoms with van der Waals surface area (Å²) >= 11 is 1.38. The Bertz CT molecular complexity index is 939. The number of para-hydroxylation sites is 1. The molecule has 3 aromatic rings. The summed E-state index contributed by atoms with van der Waals surface area (Å²) in [5.74, 6) is 0.0717. The Hall–Kier alpha value is -2.67. The Morgan fingerprint density at radius 1 is 1.35 bits per heavy atom. The lowest BCUT2D eigenvalue weighted by atomic mass is 10.1. The van der Waals surface area contributed by atoms with Gasteiger partial charge in [0.2, 0.25) is 5.43 Å². The summed E-state index contributed by atoms with van der Waals surface area (Å²) in [6.45, 7) is 3.80. The molecule has 0 aliphatic carbocycles. The number of nitrogens with one attached hydrogen (secondary N) is 2. The van der Waals surface area contributed by atoms with Crippen LogP contribution in [-0.2, 0) is 0 Å². The average molecular weight is 329 g/mol. The molecule has 0 radical (unpaired) electrons. The van der Waals surface area contributed by atoms with E-state index in [4.69, 9.17) is 4.74 Å². The van der Waals surface area contributed by atoms with Gasteiger partial charge in [0.25, 0.3) is 5.91 Å². The SMILES string of the molecule is COc1cccc2c(=O)c(C(=O)Nc3nc(C)c(C)s3)c[nH]c12. The summed E-state index contributed by atoms with van der Waals surface area (Å²) in [7, 11) is 1.53. The molecule has 0 bridgehead atoms. The number of fused-ring (bicyclic) bond motifs is 1. The third-order valence-electron chi connectivity index (χ3n) is 3.59. The number of thiazole rings is 1. The Labute approximate surface area is 136 Å². The highest BCUT2D eigenvalue weighted by atomic mass is 32.1. The molecule has 3 rings (SSSR count). The maximum atomic E-state index is 12.5. The second kappa shape index (κ2) is 5.85. The Balaban J connectivity index is 2.01. The van der Waals surface area contributed by atoms with Crippen LogP contribution in [0.3, 0.4) is 0 Å². The first-order valence-electron chi connectivity index (χ1n) is 6.95. The largest absolute Gasteiger partial charge is 0.495 e. The van der Waals surface area contributed by atoms with Gasteiger partial charge in [0.15, 0.2) is 5.13 Å². The van der Waals surface area contributed by atoms with Crippen molar-refractivity contribution >= 4 is 33.3 Å². The summed E-state index contributed by atoms with van der Waals surface area (Å²) in [5, 5.41) is 3.56. The highest BCUT2D eigenvalue weighted by Crippen LogP contribution is 2.23. The van der Waals surface area contributed by atoms with Crippen LogP contribution in [0.15, 0.2) is 29.2 Å². The first-order chi connectivity index (χ1) is 11.0. The molecular weight excluding hydrogens is 314 g/mol. The lowest BCUT2D eigenvalue weighted by Crippen LogP contribution is -2.22. The Morgan fingerprint density at radius 2 is 2.13 bits per heavy atom. The molecule has 1 aromatic carbocycles. The van der Waals surface area contributed by atoms with Crippen LogP contribution in [0.1, 0.15) is 20.9 Å². The second-order valence-electron chi connectivity index (χ2n) is 5.03. The van der Waals surface area contributed by atoms with Crippen LogP contribution in [-0.4, -0.2) is 23.0 Å². The average Bonchev–Trinajstić information content (AvgIpc) is 2.85. The molecular formula is C16H15N3O3S. The Morgan fingerprint density at radius 3 is 2.78 bits per heavy atom. The van der Waals surface area contributed by atoms with Crippen molar-refractivity contribution in [3.8, 4) is 5.75 Å². The van der Waals surface area contributed by atoms with Crippen LogP contribution in [0, 0.1) is 13.8 Å². The van der Waals surface area contributed by atoms with Gasteiger partial charge in [0.1, 0.15) is 11.3 Å². The van der Waals surface area contributed by atoms with Crippen LogP contribution >= 0.6 is 11.3 Å². The van der Waals surface area contributed by atoms with E-state index in [1.807, 2.05) is 13.8 Å². The Kier molecular flexibility index (Phi) is 3.87. The quantitative estimate of drug-likeness (QED) is 0.774. The lowest BCUT2D eigenvalue weighted by Gasteiger charge is -2.06. The topological polar surface area (TPSA) is 84.1 Å². The number of aromatic nitrogens is 2. The molecule has 23 heavy (non-hydrogen) atoms. The minimum absolute atomic E-state index is 0.0382. The molecule has 2 heterocycles. The van der Waals surface area contributed by atoms with Crippen molar-refractivity contribution in [2.75, 3.05) is 12.4 Å². The summed E-state index contributed by atoms with van der Waals surface area (Å²) in [4.78, 5) is 33.1. The van der Waals surface area contributed by atoms with Crippen molar-refractivity contribution < 1.29 is 9.53 Å². The van der Waals surface area contributed by atoms with Crippen LogP contribution in [0.5, 0.6) is 5.75 Å². The maximum absolute atomic E-state index is 12.5. The van der Waals surface area contributed by atoms with E-state index < -0.39 is 5.91 Å². The number of nitrogens with zero attached hydrogens (tertiary/aromatic N) is 1. The fourth-order valence-electron chi connectivity index (χ4n) is 2.25. The van der Waals surface area contributed by atoms with Crippen molar-refractivity contribution in [3.05, 3.63) is 50.8 Å². The molecule has 0 spiro atoms. The van der Waals surface area contributed by atoms with Crippen LogP contribution in [0.25, 0.3) is 10.9 Å². The molecule has 7 heteroatoms. The zero-order valence-corrected chi connectivity index (χ0v) is 13.7. The van der Waals surface area contributed by atoms with Crippen molar-refractivity contribution in [1.82, 2.24) is 9.97 Å². The van der Waals surface area contributed by atoms with Gasteiger partial charge in [0.05, 0.1) is 23.7 Å². The van der Waals surface area contributed by atoms with Gasteiger partial charge in [-0.25, -0.2) is 4.98 Å². The van der Waals surface area contributed by atoms with E-state index in [-0.39, 0.29) is 11.0 Å². The van der Waals surface area contributed by atoms with E-state index >= 15 is 0 Å². The molecule has 0 aliphatic rings. The number of hydrogen-bond acceptors (Lipinski definition) is 5. The minimum Gasteiger partial charge on any atom is -0.495 e. The van der Waals surface area contributed by atoms with Gasteiger partial charge in [-0.2, -0.15) is 0 Å². The summed E-state index contributed by atoms with van der Waals surface area (Å²) in [5.41, 5.74) is 1.12. The molecule has 2 N–H and O–H groups in total. The van der Waals surface area contributed by atoms with Gasteiger partial charge in [0, 0.05) is 11.1 Å². The van der Waals surface area contributed by atoms with Gasteiger partial charge in [-0.1, -0.05) is 6.07 Å². The second-order valence-corrected chi connectivity index (χ2v) is 6.23. The van der Waals surface area contributed by atoms with Crippen molar-refractivity contribution in [2.24, 2.45) is 0 Å². The smallest absolute Gasteiger partial charge is 0.262 e. The van der Waals surface area contributed by atoms with E-state index in [1.54, 1.807) is 18.2 Å². The molecule has 0 atom stereocenters. The summed E-state index contributed by atoms with van der Waals surface area (Å²) in [6, 6.07) is 5.12. The van der Waals surface area contributed by atoms with Gasteiger partial charge in [-0.3, -0.25) is 14.9 Å². The molecule has 0 saturated carbocycles. The van der Waals surface area contributed by atoms with Crippen molar-refractivity contribution in [2.45, 2.75) is 13.8 Å². The highest BCUT2D eigenvalue weighted by molar-refractivity contribution is 7.15. The van der Waals surface area contributed by atoms with E-state index in [0.717, 1.165) is 10.6 Å². The summed E-state index contributed by atoms with van der Waals surface area (Å²) in [6.07, 6.45) is 1.40. The number of amides is 1. The minimum atomic E-state index is -0.482. The van der Waals surface area contributed by atoms with Gasteiger partial charge in [-0.05, 0) is 26.0 Å². The number of methoxy groups -OCH3 is 1. The van der Waals surface area contributed by atoms with E-state index in [0.29, 0.717) is 21.8 Å². The zero-order chi connectivity index (χ0) is 16.6. The number of anilines is 1. The van der Waals surface area contributed by atoms with Crippen LogP contribution in [0.2, 0.25) is 0 Å². The number of aromatic amines is 1. The normalized spacial score (nSPS) is 10.7. The molecule has 0 aliphatic heterocycles. The third kappa shape index (κ3) is 2.70. The fourth-order valence-corrected chi connectivity index (χ4v) is 3.06. The van der Waals surface area contributed by atoms with Gasteiger partial charge < -0.3 is 9.72 Å². The number of pyridine rings is 1. The third-order valence-corrected chi connectivity index (χ3v) is 4.58. The number of H-pyrrole nitrogens is 1. The number of hydrogen-bond donors (Lipinski definition) is 2. The molecule has 0 fully saturated rings. The van der Waals surface area contributed by atoms with Crippen molar-refractivity contribution in [1.29, 1.82) is 0 Å². The van der Waals surface area contributed by atoms with Gasteiger partial charge in [-0.15, -0.1) is 11.3 Å². The number of benzene rings is 1. The first kappa shape index (κ1) is 15.2. The lowest BCUT2D eigenvalue weighted by molar-refractivity contribution is 0.102. The van der Waals surface area contributed by atoms with Crippen molar-refractivity contribution in [3.63, 3.8) is 0 Å². The molecule has 0 unspecified atom stereocenters. The monoisotopic (exact) mass is 329 g/mol. The summed E-state index contributed by atoms with van der Waals surface area (Å²) < 4.78 is 5.22. The van der Waals surface area contributed by atoms with Gasteiger partial charge >= 0.3 is 0 Å². The molecule has 0 saturated heterocycles. The molecule has 118 valence electrons. The number of ether oxygens (including phenoxy) is 1. The van der Waals surface area contributed by atoms with Crippen LogP contribution in [0.4, 0.5) is 5.13 Å². The van der Waals surface area contributed by atoms with E-state index in [9.17, 15) is 9.59 Å². The number of carbonyl (C=O) groups excluding carboxylic acids is 1. The maximum Gasteiger partial charge on any atom is 0.262 e. The van der Waals surface area contributed by atoms with E-state index in [1.165, 1.54) is 24.6 Å². The zero-order valence-electron chi connectivity index (χ0n) is 12.9. The molecule has 1 amide bonds. The predicted octanol–water partition coefficient (Wildman–Crippen LogP) is 2.86. The number of aryl methyl sites for hydroxylation is 2.